The Labute approximate surface area is 114 Å². The molecule has 0 spiro atoms. The minimum atomic E-state index is -0.703. The van der Waals surface area contributed by atoms with Crippen LogP contribution in [0.1, 0.15) is 35.0 Å². The van der Waals surface area contributed by atoms with Crippen LogP contribution in [0, 0.1) is 13.8 Å². The van der Waals surface area contributed by atoms with Crippen LogP contribution < -0.4 is 0 Å². The van der Waals surface area contributed by atoms with Gasteiger partial charge in [-0.05, 0) is 37.0 Å². The van der Waals surface area contributed by atoms with Gasteiger partial charge < -0.3 is 19.7 Å². The molecule has 1 unspecified atom stereocenters. The molecule has 2 N–H and O–H groups in total. The lowest BCUT2D eigenvalue weighted by Gasteiger charge is -2.25. The van der Waals surface area contributed by atoms with Crippen molar-refractivity contribution in [2.45, 2.75) is 39.1 Å². The first kappa shape index (κ1) is 14.5. The van der Waals surface area contributed by atoms with E-state index in [0.717, 1.165) is 41.9 Å². The van der Waals surface area contributed by atoms with Gasteiger partial charge in [-0.15, -0.1) is 0 Å². The Bertz CT molecular complexity index is 401. The molecule has 1 saturated heterocycles. The van der Waals surface area contributed by atoms with Gasteiger partial charge in [-0.3, -0.25) is 0 Å². The number of hydrogen-bond acceptors (Lipinski definition) is 4. The Morgan fingerprint density at radius 3 is 2.32 bits per heavy atom. The maximum Gasteiger partial charge on any atom is 0.183 e. The maximum absolute atomic E-state index is 9.58. The molecule has 0 amide bonds. The summed E-state index contributed by atoms with van der Waals surface area (Å²) in [5.74, 6) is 0. The molecule has 106 valence electrons. The van der Waals surface area contributed by atoms with Crippen LogP contribution in [0.15, 0.2) is 12.1 Å². The van der Waals surface area contributed by atoms with Crippen molar-refractivity contribution >= 4 is 0 Å². The average molecular weight is 266 g/mol. The van der Waals surface area contributed by atoms with Crippen LogP contribution in [-0.4, -0.2) is 36.1 Å². The number of hydrogen-bond donors (Lipinski definition) is 2. The van der Waals surface area contributed by atoms with Crippen molar-refractivity contribution in [3.8, 4) is 0 Å². The summed E-state index contributed by atoms with van der Waals surface area (Å²) in [4.78, 5) is 0. The molecule has 1 aromatic carbocycles. The van der Waals surface area contributed by atoms with E-state index in [-0.39, 0.29) is 12.9 Å². The first-order valence-corrected chi connectivity index (χ1v) is 6.74. The van der Waals surface area contributed by atoms with E-state index in [0.29, 0.717) is 6.42 Å². The van der Waals surface area contributed by atoms with Crippen LogP contribution in [0.2, 0.25) is 0 Å². The van der Waals surface area contributed by atoms with Crippen LogP contribution in [-0.2, 0) is 15.9 Å². The molecule has 0 bridgehead atoms. The average Bonchev–Trinajstić information content (AvgIpc) is 2.43. The van der Waals surface area contributed by atoms with E-state index in [4.69, 9.17) is 14.6 Å². The highest BCUT2D eigenvalue weighted by Crippen LogP contribution is 2.27. The molecule has 1 heterocycles. The van der Waals surface area contributed by atoms with E-state index in [1.54, 1.807) is 0 Å². The van der Waals surface area contributed by atoms with Gasteiger partial charge in [-0.1, -0.05) is 12.1 Å². The summed E-state index contributed by atoms with van der Waals surface area (Å²) in [6, 6.07) is 4.09. The van der Waals surface area contributed by atoms with E-state index < -0.39 is 6.10 Å². The molecule has 0 aliphatic carbocycles. The van der Waals surface area contributed by atoms with Crippen LogP contribution in [0.4, 0.5) is 0 Å². The minimum Gasteiger partial charge on any atom is -0.394 e. The summed E-state index contributed by atoms with van der Waals surface area (Å²) in [5, 5.41) is 18.5. The van der Waals surface area contributed by atoms with E-state index >= 15 is 0 Å². The van der Waals surface area contributed by atoms with E-state index in [1.807, 2.05) is 26.0 Å². The molecule has 19 heavy (non-hydrogen) atoms. The Morgan fingerprint density at radius 1 is 1.21 bits per heavy atom. The third-order valence-corrected chi connectivity index (χ3v) is 3.47. The molecular weight excluding hydrogens is 244 g/mol. The third kappa shape index (κ3) is 3.54. The summed E-state index contributed by atoms with van der Waals surface area (Å²) in [6.45, 7) is 5.27. The van der Waals surface area contributed by atoms with Crippen molar-refractivity contribution in [2.24, 2.45) is 0 Å². The van der Waals surface area contributed by atoms with Crippen LogP contribution >= 0.6 is 0 Å². The predicted octanol–water partition coefficient (Wildman–Crippen LogP) is 1.63. The number of aliphatic hydroxyl groups is 2. The Hall–Kier alpha value is -0.940. The molecule has 4 heteroatoms. The van der Waals surface area contributed by atoms with Gasteiger partial charge in [0.15, 0.2) is 6.29 Å². The Kier molecular flexibility index (Phi) is 4.93. The summed E-state index contributed by atoms with van der Waals surface area (Å²) >= 11 is 0. The zero-order valence-electron chi connectivity index (χ0n) is 11.6. The lowest BCUT2D eigenvalue weighted by atomic mass is 9.95. The molecule has 1 fully saturated rings. The second-order valence-corrected chi connectivity index (χ2v) is 5.10. The number of aryl methyl sites for hydroxylation is 2. The highest BCUT2D eigenvalue weighted by Gasteiger charge is 2.19. The highest BCUT2D eigenvalue weighted by atomic mass is 16.7. The summed E-state index contributed by atoms with van der Waals surface area (Å²) in [6.07, 6.45) is 0.434. The molecule has 1 atom stereocenters. The second kappa shape index (κ2) is 6.48. The maximum atomic E-state index is 9.58. The molecule has 2 rings (SSSR count). The van der Waals surface area contributed by atoms with Crippen molar-refractivity contribution in [3.63, 3.8) is 0 Å². The molecule has 0 aromatic heterocycles. The fraction of sp³-hybridized carbons (Fsp3) is 0.600. The van der Waals surface area contributed by atoms with Crippen LogP contribution in [0.5, 0.6) is 0 Å². The molecule has 0 radical (unpaired) electrons. The molecule has 4 nitrogen and oxygen atoms in total. The number of aliphatic hydroxyl groups excluding tert-OH is 2. The minimum absolute atomic E-state index is 0.213. The van der Waals surface area contributed by atoms with Crippen molar-refractivity contribution in [2.75, 3.05) is 19.8 Å². The standard InChI is InChI=1S/C15H22O4/c1-10-6-12(15-18-4-3-5-19-15)7-11(2)14(10)8-13(17)9-16/h6-7,13,15-17H,3-5,8-9H2,1-2H3. The molecule has 1 aromatic rings. The van der Waals surface area contributed by atoms with Gasteiger partial charge >= 0.3 is 0 Å². The predicted molar refractivity (Wildman–Crippen MR) is 72.0 cm³/mol. The molecular formula is C15H22O4. The number of benzene rings is 1. The van der Waals surface area contributed by atoms with E-state index in [2.05, 4.69) is 0 Å². The quantitative estimate of drug-likeness (QED) is 0.869. The fourth-order valence-corrected chi connectivity index (χ4v) is 2.47. The SMILES string of the molecule is Cc1cc(C2OCCCO2)cc(C)c1CC(O)CO. The first-order valence-electron chi connectivity index (χ1n) is 6.74. The smallest absolute Gasteiger partial charge is 0.183 e. The summed E-state index contributed by atoms with van der Waals surface area (Å²) in [5.41, 5.74) is 4.30. The largest absolute Gasteiger partial charge is 0.394 e. The van der Waals surface area contributed by atoms with Gasteiger partial charge in [-0.25, -0.2) is 0 Å². The lowest BCUT2D eigenvalue weighted by molar-refractivity contribution is -0.183. The van der Waals surface area contributed by atoms with Crippen molar-refractivity contribution < 1.29 is 19.7 Å². The summed E-state index contributed by atoms with van der Waals surface area (Å²) in [7, 11) is 0. The number of rotatable bonds is 4. The molecule has 1 aliphatic heterocycles. The topological polar surface area (TPSA) is 58.9 Å². The van der Waals surface area contributed by atoms with Crippen molar-refractivity contribution in [1.29, 1.82) is 0 Å². The van der Waals surface area contributed by atoms with Gasteiger partial charge in [0.2, 0.25) is 0 Å². The normalized spacial score (nSPS) is 18.5. The highest BCUT2D eigenvalue weighted by molar-refractivity contribution is 5.39. The van der Waals surface area contributed by atoms with Crippen LogP contribution in [0.3, 0.4) is 0 Å². The van der Waals surface area contributed by atoms with Gasteiger partial charge in [0.05, 0.1) is 25.9 Å². The molecule has 1 aliphatic rings. The number of ether oxygens (including phenoxy) is 2. The Morgan fingerprint density at radius 2 is 1.79 bits per heavy atom. The molecule has 0 saturated carbocycles. The van der Waals surface area contributed by atoms with Crippen LogP contribution in [0.25, 0.3) is 0 Å². The summed E-state index contributed by atoms with van der Waals surface area (Å²) < 4.78 is 11.2. The monoisotopic (exact) mass is 266 g/mol. The third-order valence-electron chi connectivity index (χ3n) is 3.47. The van der Waals surface area contributed by atoms with Crippen molar-refractivity contribution in [3.05, 3.63) is 34.4 Å². The fourth-order valence-electron chi connectivity index (χ4n) is 2.47. The second-order valence-electron chi connectivity index (χ2n) is 5.10. The zero-order valence-corrected chi connectivity index (χ0v) is 11.6. The van der Waals surface area contributed by atoms with Gasteiger partial charge in [0, 0.05) is 12.0 Å². The van der Waals surface area contributed by atoms with Crippen molar-refractivity contribution in [1.82, 2.24) is 0 Å². The lowest BCUT2D eigenvalue weighted by Crippen LogP contribution is -2.19. The van der Waals surface area contributed by atoms with Gasteiger partial charge in [-0.2, -0.15) is 0 Å². The first-order chi connectivity index (χ1) is 9.11. The Balaban J connectivity index is 2.20. The van der Waals surface area contributed by atoms with E-state index in [1.165, 1.54) is 0 Å². The zero-order chi connectivity index (χ0) is 13.8. The van der Waals surface area contributed by atoms with Gasteiger partial charge in [0.1, 0.15) is 0 Å². The van der Waals surface area contributed by atoms with E-state index in [9.17, 15) is 5.11 Å². The van der Waals surface area contributed by atoms with Gasteiger partial charge in [0.25, 0.3) is 0 Å².